The molecule has 0 unspecified atom stereocenters. The van der Waals surface area contributed by atoms with Crippen LogP contribution >= 0.6 is 15.9 Å². The third-order valence-corrected chi connectivity index (χ3v) is 2.19. The zero-order valence-corrected chi connectivity index (χ0v) is 8.45. The van der Waals surface area contributed by atoms with E-state index >= 15 is 0 Å². The fourth-order valence-corrected chi connectivity index (χ4v) is 1.18. The number of benzene rings is 1. The number of anilines is 1. The van der Waals surface area contributed by atoms with Gasteiger partial charge in [-0.3, -0.25) is 4.79 Å². The molecule has 1 amide bonds. The van der Waals surface area contributed by atoms with E-state index in [9.17, 15) is 9.18 Å². The molecule has 6 heteroatoms. The molecule has 0 spiro atoms. The molecule has 0 saturated heterocycles. The van der Waals surface area contributed by atoms with E-state index in [1.54, 1.807) is 0 Å². The van der Waals surface area contributed by atoms with Crippen LogP contribution in [-0.4, -0.2) is 17.3 Å². The van der Waals surface area contributed by atoms with Gasteiger partial charge >= 0.3 is 0 Å². The summed E-state index contributed by atoms with van der Waals surface area (Å²) >= 11 is 2.96. The van der Waals surface area contributed by atoms with Crippen molar-refractivity contribution in [3.63, 3.8) is 0 Å². The summed E-state index contributed by atoms with van der Waals surface area (Å²) < 4.78 is 13.1. The number of oxime groups is 1. The lowest BCUT2D eigenvalue weighted by Crippen LogP contribution is -2.13. The first-order valence-electron chi connectivity index (χ1n) is 3.57. The minimum absolute atomic E-state index is 0.152. The molecule has 0 heterocycles. The van der Waals surface area contributed by atoms with Crippen LogP contribution in [0.15, 0.2) is 27.8 Å². The molecule has 0 saturated carbocycles. The Labute approximate surface area is 87.5 Å². The Morgan fingerprint density at radius 1 is 1.64 bits per heavy atom. The van der Waals surface area contributed by atoms with Crippen LogP contribution in [0.2, 0.25) is 0 Å². The topological polar surface area (TPSA) is 61.7 Å². The summed E-state index contributed by atoms with van der Waals surface area (Å²) in [6, 6.07) is 4.21. The first-order valence-corrected chi connectivity index (χ1v) is 4.37. The van der Waals surface area contributed by atoms with Gasteiger partial charge in [0.2, 0.25) is 0 Å². The SMILES string of the molecule is O=C(/C=N\O)Nc1cccc(F)c1Br. The number of rotatable bonds is 2. The first kappa shape index (κ1) is 10.6. The minimum Gasteiger partial charge on any atom is -0.411 e. The monoisotopic (exact) mass is 260 g/mol. The summed E-state index contributed by atoms with van der Waals surface area (Å²) in [6.07, 6.45) is 0.678. The molecule has 4 nitrogen and oxygen atoms in total. The van der Waals surface area contributed by atoms with E-state index in [1.807, 2.05) is 0 Å². The highest BCUT2D eigenvalue weighted by atomic mass is 79.9. The highest BCUT2D eigenvalue weighted by Gasteiger charge is 2.06. The summed E-state index contributed by atoms with van der Waals surface area (Å²) in [5.41, 5.74) is 0.273. The predicted molar refractivity (Wildman–Crippen MR) is 53.0 cm³/mol. The molecule has 1 aromatic rings. The van der Waals surface area contributed by atoms with E-state index < -0.39 is 11.7 Å². The smallest absolute Gasteiger partial charge is 0.270 e. The molecule has 0 fully saturated rings. The summed E-state index contributed by atoms with van der Waals surface area (Å²) in [4.78, 5) is 10.9. The Bertz CT molecular complexity index is 382. The van der Waals surface area contributed by atoms with E-state index in [4.69, 9.17) is 5.21 Å². The van der Waals surface area contributed by atoms with Crippen LogP contribution in [0.4, 0.5) is 10.1 Å². The van der Waals surface area contributed by atoms with Crippen LogP contribution in [0.1, 0.15) is 0 Å². The molecule has 1 aromatic carbocycles. The van der Waals surface area contributed by atoms with Gasteiger partial charge in [-0.05, 0) is 28.1 Å². The second-order valence-electron chi connectivity index (χ2n) is 2.34. The van der Waals surface area contributed by atoms with E-state index in [0.29, 0.717) is 6.21 Å². The van der Waals surface area contributed by atoms with Gasteiger partial charge in [-0.25, -0.2) is 4.39 Å². The minimum atomic E-state index is -0.640. The van der Waals surface area contributed by atoms with Crippen molar-refractivity contribution in [1.29, 1.82) is 0 Å². The Kier molecular flexibility index (Phi) is 3.58. The maximum atomic E-state index is 12.9. The Morgan fingerprint density at radius 2 is 2.36 bits per heavy atom. The largest absolute Gasteiger partial charge is 0.411 e. The maximum absolute atomic E-state index is 12.9. The molecule has 0 aliphatic heterocycles. The van der Waals surface area contributed by atoms with Crippen LogP contribution in [0.25, 0.3) is 0 Å². The second-order valence-corrected chi connectivity index (χ2v) is 3.13. The summed E-state index contributed by atoms with van der Waals surface area (Å²) in [7, 11) is 0. The summed E-state index contributed by atoms with van der Waals surface area (Å²) in [6.45, 7) is 0. The molecular weight excluding hydrogens is 255 g/mol. The fraction of sp³-hybridized carbons (Fsp3) is 0. The third-order valence-electron chi connectivity index (χ3n) is 1.38. The number of halogens is 2. The Hall–Kier alpha value is -1.43. The van der Waals surface area contributed by atoms with Crippen molar-refractivity contribution in [2.45, 2.75) is 0 Å². The van der Waals surface area contributed by atoms with Gasteiger partial charge in [0.1, 0.15) is 12.0 Å². The number of carbonyl (C=O) groups excluding carboxylic acids is 1. The highest BCUT2D eigenvalue weighted by molar-refractivity contribution is 9.10. The van der Waals surface area contributed by atoms with Crippen LogP contribution in [0.3, 0.4) is 0 Å². The van der Waals surface area contributed by atoms with Crippen molar-refractivity contribution in [1.82, 2.24) is 0 Å². The van der Waals surface area contributed by atoms with E-state index in [1.165, 1.54) is 18.2 Å². The van der Waals surface area contributed by atoms with Gasteiger partial charge in [0.05, 0.1) is 10.2 Å². The normalized spacial score (nSPS) is 10.4. The van der Waals surface area contributed by atoms with Gasteiger partial charge in [-0.1, -0.05) is 11.2 Å². The van der Waals surface area contributed by atoms with E-state index in [2.05, 4.69) is 26.4 Å². The number of amides is 1. The third kappa shape index (κ3) is 2.53. The van der Waals surface area contributed by atoms with Crippen molar-refractivity contribution in [3.8, 4) is 0 Å². The zero-order chi connectivity index (χ0) is 10.6. The summed E-state index contributed by atoms with van der Waals surface area (Å²) in [5.74, 6) is -1.12. The van der Waals surface area contributed by atoms with Gasteiger partial charge in [0.15, 0.2) is 0 Å². The lowest BCUT2D eigenvalue weighted by Gasteiger charge is -2.04. The lowest BCUT2D eigenvalue weighted by molar-refractivity contribution is -0.110. The molecular formula is C8H6BrFN2O2. The number of carbonyl (C=O) groups is 1. The lowest BCUT2D eigenvalue weighted by atomic mass is 10.3. The maximum Gasteiger partial charge on any atom is 0.270 e. The number of hydrogen-bond donors (Lipinski definition) is 2. The van der Waals surface area contributed by atoms with Gasteiger partial charge in [-0.15, -0.1) is 0 Å². The Morgan fingerprint density at radius 3 is 3.00 bits per heavy atom. The average molecular weight is 261 g/mol. The molecule has 1 rings (SSSR count). The van der Waals surface area contributed by atoms with Crippen molar-refractivity contribution >= 4 is 33.7 Å². The van der Waals surface area contributed by atoms with Crippen LogP contribution < -0.4 is 5.32 Å². The van der Waals surface area contributed by atoms with Crippen LogP contribution in [-0.2, 0) is 4.79 Å². The van der Waals surface area contributed by atoms with Gasteiger partial charge in [-0.2, -0.15) is 0 Å². The fourth-order valence-electron chi connectivity index (χ4n) is 0.818. The van der Waals surface area contributed by atoms with Crippen LogP contribution in [0, 0.1) is 5.82 Å². The molecule has 0 bridgehead atoms. The van der Waals surface area contributed by atoms with Crippen molar-refractivity contribution in [2.75, 3.05) is 5.32 Å². The van der Waals surface area contributed by atoms with E-state index in [0.717, 1.165) is 0 Å². The highest BCUT2D eigenvalue weighted by Crippen LogP contribution is 2.24. The number of nitrogens with zero attached hydrogens (tertiary/aromatic N) is 1. The average Bonchev–Trinajstić information content (AvgIpc) is 2.13. The first-order chi connectivity index (χ1) is 6.65. The van der Waals surface area contributed by atoms with Crippen molar-refractivity contribution < 1.29 is 14.4 Å². The van der Waals surface area contributed by atoms with Gasteiger partial charge in [0.25, 0.3) is 5.91 Å². The molecule has 0 aromatic heterocycles. The molecule has 2 N–H and O–H groups in total. The second kappa shape index (κ2) is 4.71. The molecule has 74 valence electrons. The molecule has 0 atom stereocenters. The zero-order valence-electron chi connectivity index (χ0n) is 6.87. The predicted octanol–water partition coefficient (Wildman–Crippen LogP) is 1.99. The quantitative estimate of drug-likeness (QED) is 0.485. The number of nitrogens with one attached hydrogen (secondary N) is 1. The standard InChI is InChI=1S/C8H6BrFN2O2/c9-8-5(10)2-1-3-6(8)12-7(13)4-11-14/h1-4,14H,(H,12,13)/b11-4-. The molecule has 0 aliphatic rings. The van der Waals surface area contributed by atoms with Crippen LogP contribution in [0.5, 0.6) is 0 Å². The van der Waals surface area contributed by atoms with Crippen molar-refractivity contribution in [3.05, 3.63) is 28.5 Å². The van der Waals surface area contributed by atoms with Gasteiger partial charge in [0, 0.05) is 0 Å². The summed E-state index contributed by atoms with van der Waals surface area (Å²) in [5, 5.41) is 12.9. The molecule has 14 heavy (non-hydrogen) atoms. The van der Waals surface area contributed by atoms with Gasteiger partial charge < -0.3 is 10.5 Å². The Balaban J connectivity index is 2.87. The molecule has 0 aliphatic carbocycles. The number of hydrogen-bond acceptors (Lipinski definition) is 3. The van der Waals surface area contributed by atoms with Crippen molar-refractivity contribution in [2.24, 2.45) is 5.16 Å². The molecule has 0 radical (unpaired) electrons. The van der Waals surface area contributed by atoms with E-state index in [-0.39, 0.29) is 10.2 Å².